The summed E-state index contributed by atoms with van der Waals surface area (Å²) in [4.78, 5) is 7.41. The third kappa shape index (κ3) is 4.59. The number of nitrogens with two attached hydrogens (primary N) is 1. The number of nitrogen functional groups attached to an aromatic ring is 1. The number of hydrogen-bond donors (Lipinski definition) is 1. The quantitative estimate of drug-likeness (QED) is 0.937. The van der Waals surface area contributed by atoms with Crippen molar-refractivity contribution in [2.45, 2.75) is 33.0 Å². The number of hydrogen-bond acceptors (Lipinski definition) is 5. The van der Waals surface area contributed by atoms with Crippen molar-refractivity contribution in [1.29, 1.82) is 0 Å². The Bertz CT molecular complexity index is 609. The van der Waals surface area contributed by atoms with E-state index in [1.807, 2.05) is 45.0 Å². The standard InChI is InChI=1S/C15H18FN3O2/c1-15(2,3)21-11-6-4-10(5-7-11)9-20-14-18-8-12(16)13(17)19-14/h4-8H,9H2,1-3H3,(H2,17,18,19). The molecule has 0 bridgehead atoms. The number of aromatic nitrogens is 2. The van der Waals surface area contributed by atoms with Crippen molar-refractivity contribution in [2.75, 3.05) is 5.73 Å². The van der Waals surface area contributed by atoms with Crippen LogP contribution in [0.1, 0.15) is 26.3 Å². The monoisotopic (exact) mass is 291 g/mol. The van der Waals surface area contributed by atoms with Crippen LogP contribution in [0.3, 0.4) is 0 Å². The molecule has 0 aliphatic carbocycles. The minimum absolute atomic E-state index is 0.0453. The van der Waals surface area contributed by atoms with Crippen molar-refractivity contribution < 1.29 is 13.9 Å². The van der Waals surface area contributed by atoms with Crippen molar-refractivity contribution in [1.82, 2.24) is 9.97 Å². The zero-order chi connectivity index (χ0) is 15.5. The van der Waals surface area contributed by atoms with Crippen LogP contribution in [0.25, 0.3) is 0 Å². The lowest BCUT2D eigenvalue weighted by atomic mass is 10.2. The Kier molecular flexibility index (Phi) is 4.26. The van der Waals surface area contributed by atoms with E-state index in [0.29, 0.717) is 0 Å². The summed E-state index contributed by atoms with van der Waals surface area (Å²) in [5, 5.41) is 0. The van der Waals surface area contributed by atoms with E-state index in [9.17, 15) is 4.39 Å². The molecule has 6 heteroatoms. The molecule has 1 aromatic carbocycles. The first-order valence-electron chi connectivity index (χ1n) is 6.52. The lowest BCUT2D eigenvalue weighted by Gasteiger charge is -2.21. The number of ether oxygens (including phenoxy) is 2. The highest BCUT2D eigenvalue weighted by atomic mass is 19.1. The fourth-order valence-electron chi connectivity index (χ4n) is 1.59. The zero-order valence-corrected chi connectivity index (χ0v) is 12.3. The second kappa shape index (κ2) is 5.95. The Balaban J connectivity index is 1.96. The molecule has 2 N–H and O–H groups in total. The molecule has 2 rings (SSSR count). The van der Waals surface area contributed by atoms with Crippen molar-refractivity contribution in [2.24, 2.45) is 0 Å². The van der Waals surface area contributed by atoms with E-state index < -0.39 is 5.82 Å². The minimum atomic E-state index is -0.661. The normalized spacial score (nSPS) is 11.2. The van der Waals surface area contributed by atoms with Crippen LogP contribution in [0.4, 0.5) is 10.2 Å². The van der Waals surface area contributed by atoms with Crippen molar-refractivity contribution in [3.8, 4) is 11.8 Å². The topological polar surface area (TPSA) is 70.3 Å². The highest BCUT2D eigenvalue weighted by Crippen LogP contribution is 2.19. The minimum Gasteiger partial charge on any atom is -0.488 e. The molecule has 5 nitrogen and oxygen atoms in total. The largest absolute Gasteiger partial charge is 0.488 e. The third-order valence-electron chi connectivity index (χ3n) is 2.46. The first kappa shape index (κ1) is 15.0. The van der Waals surface area contributed by atoms with Gasteiger partial charge >= 0.3 is 6.01 Å². The maximum absolute atomic E-state index is 12.9. The van der Waals surface area contributed by atoms with Gasteiger partial charge in [0.25, 0.3) is 0 Å². The summed E-state index contributed by atoms with van der Waals surface area (Å²) in [5.74, 6) is -0.103. The van der Waals surface area contributed by atoms with E-state index in [2.05, 4.69) is 9.97 Å². The molecule has 0 spiro atoms. The fourth-order valence-corrected chi connectivity index (χ4v) is 1.59. The Morgan fingerprint density at radius 2 is 1.86 bits per heavy atom. The molecule has 21 heavy (non-hydrogen) atoms. The second-order valence-electron chi connectivity index (χ2n) is 5.53. The van der Waals surface area contributed by atoms with E-state index in [1.165, 1.54) is 0 Å². The van der Waals surface area contributed by atoms with Crippen LogP contribution in [0, 0.1) is 5.82 Å². The van der Waals surface area contributed by atoms with Gasteiger partial charge < -0.3 is 15.2 Å². The zero-order valence-electron chi connectivity index (χ0n) is 12.3. The van der Waals surface area contributed by atoms with Gasteiger partial charge in [-0.25, -0.2) is 9.37 Å². The average Bonchev–Trinajstić information content (AvgIpc) is 2.40. The summed E-state index contributed by atoms with van der Waals surface area (Å²) in [6, 6.07) is 7.54. The number of halogens is 1. The van der Waals surface area contributed by atoms with Crippen molar-refractivity contribution >= 4 is 5.82 Å². The highest BCUT2D eigenvalue weighted by molar-refractivity contribution is 5.30. The summed E-state index contributed by atoms with van der Waals surface area (Å²) < 4.78 is 24.0. The van der Waals surface area contributed by atoms with Gasteiger partial charge in [0.15, 0.2) is 11.6 Å². The van der Waals surface area contributed by atoms with Gasteiger partial charge in [-0.05, 0) is 38.5 Å². The lowest BCUT2D eigenvalue weighted by molar-refractivity contribution is 0.131. The molecule has 112 valence electrons. The van der Waals surface area contributed by atoms with Gasteiger partial charge in [-0.1, -0.05) is 12.1 Å². The van der Waals surface area contributed by atoms with Gasteiger partial charge in [0, 0.05) is 0 Å². The molecule has 0 saturated heterocycles. The van der Waals surface area contributed by atoms with Crippen LogP contribution in [0.5, 0.6) is 11.8 Å². The number of anilines is 1. The average molecular weight is 291 g/mol. The van der Waals surface area contributed by atoms with E-state index in [4.69, 9.17) is 15.2 Å². The maximum atomic E-state index is 12.9. The van der Waals surface area contributed by atoms with Gasteiger partial charge in [0.1, 0.15) is 18.0 Å². The summed E-state index contributed by atoms with van der Waals surface area (Å²) in [5.41, 5.74) is 6.03. The third-order valence-corrected chi connectivity index (χ3v) is 2.46. The molecule has 0 amide bonds. The lowest BCUT2D eigenvalue weighted by Crippen LogP contribution is -2.22. The number of nitrogens with zero attached hydrogens (tertiary/aromatic N) is 2. The maximum Gasteiger partial charge on any atom is 0.318 e. The van der Waals surface area contributed by atoms with E-state index in [-0.39, 0.29) is 24.0 Å². The van der Waals surface area contributed by atoms with Crippen LogP contribution in [-0.4, -0.2) is 15.6 Å². The molecule has 0 atom stereocenters. The van der Waals surface area contributed by atoms with Gasteiger partial charge in [-0.2, -0.15) is 4.98 Å². The molecular formula is C15H18FN3O2. The van der Waals surface area contributed by atoms with E-state index in [1.54, 1.807) is 0 Å². The molecule has 0 fully saturated rings. The van der Waals surface area contributed by atoms with Crippen LogP contribution in [-0.2, 0) is 6.61 Å². The fraction of sp³-hybridized carbons (Fsp3) is 0.333. The molecule has 0 aliphatic heterocycles. The van der Waals surface area contributed by atoms with E-state index in [0.717, 1.165) is 17.5 Å². The first-order chi connectivity index (χ1) is 9.83. The summed E-state index contributed by atoms with van der Waals surface area (Å²) >= 11 is 0. The number of benzene rings is 1. The van der Waals surface area contributed by atoms with Crippen LogP contribution in [0.15, 0.2) is 30.5 Å². The Hall–Kier alpha value is -2.37. The molecule has 1 aromatic heterocycles. The smallest absolute Gasteiger partial charge is 0.318 e. The van der Waals surface area contributed by atoms with Crippen molar-refractivity contribution in [3.05, 3.63) is 41.8 Å². The molecular weight excluding hydrogens is 273 g/mol. The molecule has 0 radical (unpaired) electrons. The summed E-state index contributed by atoms with van der Waals surface area (Å²) in [6.45, 7) is 6.22. The van der Waals surface area contributed by atoms with Gasteiger partial charge in [-0.15, -0.1) is 0 Å². The molecule has 0 unspecified atom stereocenters. The van der Waals surface area contributed by atoms with Gasteiger partial charge in [0.05, 0.1) is 6.20 Å². The highest BCUT2D eigenvalue weighted by Gasteiger charge is 2.11. The Morgan fingerprint density at radius 1 is 1.19 bits per heavy atom. The van der Waals surface area contributed by atoms with E-state index >= 15 is 0 Å². The predicted molar refractivity (Wildman–Crippen MR) is 77.6 cm³/mol. The molecule has 1 heterocycles. The van der Waals surface area contributed by atoms with Gasteiger partial charge in [-0.3, -0.25) is 0 Å². The van der Waals surface area contributed by atoms with Crippen LogP contribution < -0.4 is 15.2 Å². The second-order valence-corrected chi connectivity index (χ2v) is 5.53. The Labute approximate surface area is 122 Å². The SMILES string of the molecule is CC(C)(C)Oc1ccc(COc2ncc(F)c(N)n2)cc1. The molecule has 0 saturated carbocycles. The molecule has 2 aromatic rings. The van der Waals surface area contributed by atoms with Gasteiger partial charge in [0.2, 0.25) is 0 Å². The molecule has 0 aliphatic rings. The first-order valence-corrected chi connectivity index (χ1v) is 6.52. The van der Waals surface area contributed by atoms with Crippen molar-refractivity contribution in [3.63, 3.8) is 0 Å². The summed E-state index contributed by atoms with van der Waals surface area (Å²) in [6.07, 6.45) is 0.984. The van der Waals surface area contributed by atoms with Crippen LogP contribution in [0.2, 0.25) is 0 Å². The predicted octanol–water partition coefficient (Wildman–Crippen LogP) is 2.95. The number of rotatable bonds is 4. The summed E-state index contributed by atoms with van der Waals surface area (Å²) in [7, 11) is 0. The van der Waals surface area contributed by atoms with Crippen LogP contribution >= 0.6 is 0 Å². The Morgan fingerprint density at radius 3 is 2.43 bits per heavy atom.